The number of aliphatic carboxylic acids is 1. The molecule has 0 aliphatic carbocycles. The van der Waals surface area contributed by atoms with E-state index in [0.29, 0.717) is 6.54 Å². The first-order chi connectivity index (χ1) is 6.27. The van der Waals surface area contributed by atoms with E-state index < -0.39 is 5.97 Å². The molecule has 0 aromatic heterocycles. The summed E-state index contributed by atoms with van der Waals surface area (Å²) < 4.78 is 0. The van der Waals surface area contributed by atoms with Crippen molar-refractivity contribution < 1.29 is 9.90 Å². The van der Waals surface area contributed by atoms with Gasteiger partial charge in [0.1, 0.15) is 0 Å². The lowest BCUT2D eigenvalue weighted by atomic mass is 10.2. The first kappa shape index (κ1) is 11.7. The molecule has 0 saturated heterocycles. The molecule has 2 N–H and O–H groups in total. The van der Waals surface area contributed by atoms with Crippen molar-refractivity contribution in [2.75, 3.05) is 13.1 Å². The molecule has 0 heterocycles. The number of carboxylic acid groups (broad SMARTS) is 1. The molecule has 0 spiro atoms. The van der Waals surface area contributed by atoms with Crippen LogP contribution in [-0.2, 0) is 4.79 Å². The van der Waals surface area contributed by atoms with Crippen molar-refractivity contribution in [2.24, 2.45) is 0 Å². The second kappa shape index (κ2) is 8.82. The van der Waals surface area contributed by atoms with Crippen LogP contribution in [-0.4, -0.2) is 24.2 Å². The maximum atomic E-state index is 10.0. The van der Waals surface area contributed by atoms with E-state index in [4.69, 9.17) is 11.5 Å². The van der Waals surface area contributed by atoms with E-state index in [2.05, 4.69) is 11.2 Å². The minimum Gasteiger partial charge on any atom is -0.478 e. The van der Waals surface area contributed by atoms with E-state index in [9.17, 15) is 4.79 Å². The van der Waals surface area contributed by atoms with Gasteiger partial charge in [0.2, 0.25) is 0 Å². The van der Waals surface area contributed by atoms with Gasteiger partial charge >= 0.3 is 5.97 Å². The van der Waals surface area contributed by atoms with Gasteiger partial charge < -0.3 is 10.4 Å². The molecule has 0 aromatic carbocycles. The van der Waals surface area contributed by atoms with Gasteiger partial charge in [0, 0.05) is 19.0 Å². The lowest BCUT2D eigenvalue weighted by Gasteiger charge is -1.98. The summed E-state index contributed by atoms with van der Waals surface area (Å²) in [6, 6.07) is 0. The van der Waals surface area contributed by atoms with E-state index >= 15 is 0 Å². The van der Waals surface area contributed by atoms with Gasteiger partial charge in [-0.3, -0.25) is 0 Å². The van der Waals surface area contributed by atoms with Crippen molar-refractivity contribution in [3.63, 3.8) is 0 Å². The van der Waals surface area contributed by atoms with Gasteiger partial charge in [0.25, 0.3) is 0 Å². The highest BCUT2D eigenvalue weighted by Crippen LogP contribution is 1.90. The molecule has 0 unspecified atom stereocenters. The topological polar surface area (TPSA) is 49.3 Å². The average Bonchev–Trinajstić information content (AvgIpc) is 2.09. The van der Waals surface area contributed by atoms with Crippen LogP contribution < -0.4 is 5.32 Å². The molecule has 0 amide bonds. The molecule has 0 aromatic rings. The van der Waals surface area contributed by atoms with Crippen LogP contribution >= 0.6 is 0 Å². The molecule has 3 heteroatoms. The number of rotatable bonds is 7. The summed E-state index contributed by atoms with van der Waals surface area (Å²) in [5, 5.41) is 11.3. The highest BCUT2D eigenvalue weighted by atomic mass is 16.4. The Hall–Kier alpha value is -1.27. The van der Waals surface area contributed by atoms with E-state index in [-0.39, 0.29) is 0 Å². The van der Waals surface area contributed by atoms with Crippen LogP contribution in [0.2, 0.25) is 0 Å². The van der Waals surface area contributed by atoms with E-state index in [1.807, 2.05) is 0 Å². The maximum Gasteiger partial charge on any atom is 0.328 e. The van der Waals surface area contributed by atoms with Gasteiger partial charge in [0.15, 0.2) is 0 Å². The quantitative estimate of drug-likeness (QED) is 0.350. The number of carbonyl (C=O) groups is 1. The Balaban J connectivity index is 3.09. The highest BCUT2D eigenvalue weighted by molar-refractivity contribution is 5.79. The maximum absolute atomic E-state index is 10.0. The molecule has 0 aliphatic heterocycles. The molecule has 0 radical (unpaired) electrons. The van der Waals surface area contributed by atoms with Crippen LogP contribution in [0.1, 0.15) is 19.3 Å². The summed E-state index contributed by atoms with van der Waals surface area (Å²) >= 11 is 0. The monoisotopic (exact) mass is 181 g/mol. The summed E-state index contributed by atoms with van der Waals surface area (Å²) in [6.45, 7) is 1.48. The number of unbranched alkanes of at least 4 members (excludes halogenated alkanes) is 2. The largest absolute Gasteiger partial charge is 0.478 e. The zero-order chi connectivity index (χ0) is 9.94. The number of carboxylic acids is 1. The number of hydrogen-bond donors (Lipinski definition) is 2. The minimum atomic E-state index is -0.908. The molecule has 0 bridgehead atoms. The zero-order valence-electron chi connectivity index (χ0n) is 7.62. The fourth-order valence-electron chi connectivity index (χ4n) is 0.822. The average molecular weight is 181 g/mol. The fourth-order valence-corrected chi connectivity index (χ4v) is 0.822. The highest BCUT2D eigenvalue weighted by Gasteiger charge is 1.86. The molecular formula is C10H15NO2. The Bertz CT molecular complexity index is 203. The second-order valence-electron chi connectivity index (χ2n) is 2.61. The fraction of sp³-hybridized carbons (Fsp3) is 0.500. The van der Waals surface area contributed by atoms with Gasteiger partial charge in [-0.25, -0.2) is 4.79 Å². The molecule has 0 saturated carbocycles. The third-order valence-corrected chi connectivity index (χ3v) is 1.45. The Morgan fingerprint density at radius 1 is 1.54 bits per heavy atom. The van der Waals surface area contributed by atoms with Crippen molar-refractivity contribution in [3.05, 3.63) is 12.2 Å². The number of hydrogen-bond acceptors (Lipinski definition) is 2. The lowest BCUT2D eigenvalue weighted by molar-refractivity contribution is -0.131. The third-order valence-electron chi connectivity index (χ3n) is 1.45. The normalized spacial score (nSPS) is 10.1. The van der Waals surface area contributed by atoms with Gasteiger partial charge in [-0.2, -0.15) is 0 Å². The van der Waals surface area contributed by atoms with Crippen LogP contribution in [0.25, 0.3) is 0 Å². The smallest absolute Gasteiger partial charge is 0.328 e. The predicted octanol–water partition coefficient (Wildman–Crippen LogP) is 1.02. The third kappa shape index (κ3) is 10.7. The van der Waals surface area contributed by atoms with Crippen molar-refractivity contribution in [1.29, 1.82) is 0 Å². The van der Waals surface area contributed by atoms with Crippen molar-refractivity contribution >= 4 is 5.97 Å². The molecule has 3 nitrogen and oxygen atoms in total. The molecule has 0 aliphatic rings. The lowest BCUT2D eigenvalue weighted by Crippen LogP contribution is -2.15. The standard InChI is InChI=1S/C10H15NO2/c1-2-3-4-5-8-11-9-6-7-10(12)13/h1,6-7,11H,3-5,8-9H2,(H,12,13)/b7-6+. The first-order valence-electron chi connectivity index (χ1n) is 4.31. The Morgan fingerprint density at radius 2 is 2.31 bits per heavy atom. The summed E-state index contributed by atoms with van der Waals surface area (Å²) in [5.74, 6) is 1.66. The van der Waals surface area contributed by atoms with Crippen molar-refractivity contribution in [1.82, 2.24) is 5.32 Å². The number of nitrogens with one attached hydrogen (secondary N) is 1. The Morgan fingerprint density at radius 3 is 2.92 bits per heavy atom. The Kier molecular flexibility index (Phi) is 7.96. The summed E-state index contributed by atoms with van der Waals surface area (Å²) in [4.78, 5) is 10.0. The first-order valence-corrected chi connectivity index (χ1v) is 4.31. The molecule has 72 valence electrons. The van der Waals surface area contributed by atoms with Crippen LogP contribution in [0.15, 0.2) is 12.2 Å². The van der Waals surface area contributed by atoms with Crippen LogP contribution in [0.4, 0.5) is 0 Å². The van der Waals surface area contributed by atoms with Crippen molar-refractivity contribution in [3.8, 4) is 12.3 Å². The minimum absolute atomic E-state index is 0.600. The number of terminal acetylenes is 1. The van der Waals surface area contributed by atoms with E-state index in [0.717, 1.165) is 31.9 Å². The van der Waals surface area contributed by atoms with Crippen LogP contribution in [0.3, 0.4) is 0 Å². The van der Waals surface area contributed by atoms with Gasteiger partial charge in [0.05, 0.1) is 0 Å². The van der Waals surface area contributed by atoms with E-state index in [1.165, 1.54) is 0 Å². The molecule has 0 rings (SSSR count). The molecule has 0 fully saturated rings. The van der Waals surface area contributed by atoms with Crippen LogP contribution in [0.5, 0.6) is 0 Å². The SMILES string of the molecule is C#CCCCCNC/C=C/C(=O)O. The summed E-state index contributed by atoms with van der Waals surface area (Å²) in [7, 11) is 0. The van der Waals surface area contributed by atoms with E-state index in [1.54, 1.807) is 6.08 Å². The molecular weight excluding hydrogens is 166 g/mol. The predicted molar refractivity (Wildman–Crippen MR) is 52.3 cm³/mol. The van der Waals surface area contributed by atoms with Gasteiger partial charge in [-0.15, -0.1) is 12.3 Å². The molecule has 13 heavy (non-hydrogen) atoms. The van der Waals surface area contributed by atoms with Gasteiger partial charge in [-0.05, 0) is 19.4 Å². The van der Waals surface area contributed by atoms with Crippen molar-refractivity contribution in [2.45, 2.75) is 19.3 Å². The zero-order valence-corrected chi connectivity index (χ0v) is 7.62. The second-order valence-corrected chi connectivity index (χ2v) is 2.61. The molecule has 0 atom stereocenters. The van der Waals surface area contributed by atoms with Crippen LogP contribution in [0, 0.1) is 12.3 Å². The summed E-state index contributed by atoms with van der Waals surface area (Å²) in [5.41, 5.74) is 0. The Labute approximate surface area is 78.8 Å². The van der Waals surface area contributed by atoms with Gasteiger partial charge in [-0.1, -0.05) is 6.08 Å². The summed E-state index contributed by atoms with van der Waals surface area (Å²) in [6.07, 6.45) is 10.7.